The maximum absolute atomic E-state index is 4.58. The molecule has 41 heavy (non-hydrogen) atoms. The molecule has 0 atom stereocenters. The van der Waals surface area contributed by atoms with Gasteiger partial charge in [0.1, 0.15) is 0 Å². The van der Waals surface area contributed by atoms with Crippen LogP contribution in [0.15, 0.2) is 116 Å². The van der Waals surface area contributed by atoms with Gasteiger partial charge in [-0.3, -0.25) is 29.7 Å². The predicted octanol–water partition coefficient (Wildman–Crippen LogP) is 5.97. The molecule has 0 radical (unpaired) electrons. The number of benzene rings is 1. The van der Waals surface area contributed by atoms with E-state index in [9.17, 15) is 0 Å². The quantitative estimate of drug-likeness (QED) is 0.156. The maximum atomic E-state index is 4.58. The average molecular weight is 645 g/mol. The fourth-order valence-electron chi connectivity index (χ4n) is 4.87. The van der Waals surface area contributed by atoms with Crippen LogP contribution in [-0.2, 0) is 78.2 Å². The first-order valence-corrected chi connectivity index (χ1v) is 13.3. The van der Waals surface area contributed by atoms with Gasteiger partial charge in [0, 0.05) is 64.1 Å². The van der Waals surface area contributed by atoms with Crippen LogP contribution >= 0.6 is 0 Å². The number of pyridine rings is 4. The molecule has 6 nitrogen and oxygen atoms in total. The third-order valence-corrected chi connectivity index (χ3v) is 6.46. The van der Waals surface area contributed by atoms with E-state index in [2.05, 4.69) is 79.1 Å². The van der Waals surface area contributed by atoms with Crippen molar-refractivity contribution in [2.24, 2.45) is 0 Å². The standard InChI is InChI=1S/C33H34N6.2Zn/c1-27-18-28(21-38(23-30-10-2-6-14-34-30)24-31-11-3-7-15-35-31)20-29(19-27)22-39(25-32-12-4-8-16-36-32)26-33-13-5-9-17-37-33;;/h2-20H,21-26H2,1H3;;/q;2*+2. The Morgan fingerprint density at radius 3 is 1.02 bits per heavy atom. The molecule has 5 aromatic rings. The summed E-state index contributed by atoms with van der Waals surface area (Å²) < 4.78 is 0. The normalized spacial score (nSPS) is 10.7. The van der Waals surface area contributed by atoms with Crippen molar-refractivity contribution in [3.8, 4) is 0 Å². The third kappa shape index (κ3) is 10.7. The Kier molecular flexibility index (Phi) is 13.5. The molecular formula is C33H34N6Zn2+4. The molecule has 0 amide bonds. The second kappa shape index (κ2) is 17.1. The molecule has 0 aliphatic rings. The summed E-state index contributed by atoms with van der Waals surface area (Å²) >= 11 is 0. The number of aryl methyl sites for hydroxylation is 1. The van der Waals surface area contributed by atoms with E-state index in [0.29, 0.717) is 0 Å². The largest absolute Gasteiger partial charge is 2.00 e. The van der Waals surface area contributed by atoms with Crippen molar-refractivity contribution in [2.45, 2.75) is 46.2 Å². The number of aromatic nitrogens is 4. The number of hydrogen-bond acceptors (Lipinski definition) is 6. The summed E-state index contributed by atoms with van der Waals surface area (Å²) in [5, 5.41) is 0. The summed E-state index contributed by atoms with van der Waals surface area (Å²) in [6.07, 6.45) is 7.43. The SMILES string of the molecule is Cc1cc(CN(Cc2ccccn2)Cc2ccccn2)cc(CN(Cc2ccccn2)Cc2ccccn2)c1.[Zn+2].[Zn+2]. The van der Waals surface area contributed by atoms with Crippen LogP contribution < -0.4 is 0 Å². The second-order valence-electron chi connectivity index (χ2n) is 9.90. The fourth-order valence-corrected chi connectivity index (χ4v) is 4.87. The van der Waals surface area contributed by atoms with Gasteiger partial charge in [-0.1, -0.05) is 48.0 Å². The number of rotatable bonds is 12. The molecule has 0 unspecified atom stereocenters. The smallest absolute Gasteiger partial charge is 0.287 e. The van der Waals surface area contributed by atoms with E-state index in [1.807, 2.05) is 73.3 Å². The monoisotopic (exact) mass is 642 g/mol. The van der Waals surface area contributed by atoms with Crippen LogP contribution in [0.25, 0.3) is 0 Å². The molecule has 196 valence electrons. The van der Waals surface area contributed by atoms with E-state index in [1.54, 1.807) is 0 Å². The summed E-state index contributed by atoms with van der Waals surface area (Å²) in [6.45, 7) is 6.82. The fraction of sp³-hybridized carbons (Fsp3) is 0.212. The first-order valence-electron chi connectivity index (χ1n) is 13.3. The van der Waals surface area contributed by atoms with E-state index in [0.717, 1.165) is 62.0 Å². The minimum atomic E-state index is 0. The van der Waals surface area contributed by atoms with Gasteiger partial charge in [0.25, 0.3) is 0 Å². The van der Waals surface area contributed by atoms with Crippen molar-refractivity contribution in [1.82, 2.24) is 29.7 Å². The van der Waals surface area contributed by atoms with Crippen LogP contribution in [0, 0.1) is 6.92 Å². The van der Waals surface area contributed by atoms with Crippen LogP contribution in [0.1, 0.15) is 39.5 Å². The second-order valence-corrected chi connectivity index (χ2v) is 9.90. The molecule has 0 saturated heterocycles. The van der Waals surface area contributed by atoms with E-state index in [1.165, 1.54) is 16.7 Å². The Hall–Kier alpha value is -3.01. The molecule has 4 aromatic heterocycles. The molecule has 1 aromatic carbocycles. The topological polar surface area (TPSA) is 58.0 Å². The van der Waals surface area contributed by atoms with Crippen molar-refractivity contribution in [1.29, 1.82) is 0 Å². The zero-order valence-corrected chi connectivity index (χ0v) is 29.7. The van der Waals surface area contributed by atoms with Crippen LogP contribution in [0.3, 0.4) is 0 Å². The molecule has 0 N–H and O–H groups in total. The zero-order valence-electron chi connectivity index (χ0n) is 23.8. The summed E-state index contributed by atoms with van der Waals surface area (Å²) in [5.41, 5.74) is 8.04. The zero-order chi connectivity index (χ0) is 26.7. The Bertz CT molecular complexity index is 1230. The maximum Gasteiger partial charge on any atom is 2.00 e. The Morgan fingerprint density at radius 1 is 0.439 bits per heavy atom. The van der Waals surface area contributed by atoms with Gasteiger partial charge in [0.05, 0.1) is 22.8 Å². The summed E-state index contributed by atoms with van der Waals surface area (Å²) in [4.78, 5) is 23.1. The van der Waals surface area contributed by atoms with Gasteiger partial charge in [0.2, 0.25) is 0 Å². The van der Waals surface area contributed by atoms with Crippen LogP contribution in [-0.4, -0.2) is 29.7 Å². The number of hydrogen-bond donors (Lipinski definition) is 0. The number of nitrogens with zero attached hydrogens (tertiary/aromatic N) is 6. The molecule has 0 saturated carbocycles. The van der Waals surface area contributed by atoms with Crippen LogP contribution in [0.2, 0.25) is 0 Å². The molecule has 0 bridgehead atoms. The molecule has 0 aliphatic carbocycles. The summed E-state index contributed by atoms with van der Waals surface area (Å²) in [6, 6.07) is 31.3. The Morgan fingerprint density at radius 2 is 0.756 bits per heavy atom. The van der Waals surface area contributed by atoms with Gasteiger partial charge in [-0.2, -0.15) is 0 Å². The van der Waals surface area contributed by atoms with Gasteiger partial charge in [-0.25, -0.2) is 0 Å². The minimum absolute atomic E-state index is 0. The van der Waals surface area contributed by atoms with Crippen LogP contribution in [0.5, 0.6) is 0 Å². The summed E-state index contributed by atoms with van der Waals surface area (Å²) in [5.74, 6) is 0. The Balaban J connectivity index is 0.00000231. The van der Waals surface area contributed by atoms with Crippen molar-refractivity contribution in [2.75, 3.05) is 0 Å². The third-order valence-electron chi connectivity index (χ3n) is 6.46. The average Bonchev–Trinajstić information content (AvgIpc) is 2.95. The molecule has 4 heterocycles. The minimum Gasteiger partial charge on any atom is -0.287 e. The first-order chi connectivity index (χ1) is 19.2. The molecular weight excluding hydrogens is 611 g/mol. The molecule has 0 fully saturated rings. The van der Waals surface area contributed by atoms with E-state index in [-0.39, 0.29) is 39.0 Å². The molecule has 0 aliphatic heterocycles. The van der Waals surface area contributed by atoms with Crippen LogP contribution in [0.4, 0.5) is 0 Å². The van der Waals surface area contributed by atoms with Crippen molar-refractivity contribution in [3.63, 3.8) is 0 Å². The van der Waals surface area contributed by atoms with Gasteiger partial charge in [-0.05, 0) is 66.6 Å². The predicted molar refractivity (Wildman–Crippen MR) is 154 cm³/mol. The van der Waals surface area contributed by atoms with E-state index < -0.39 is 0 Å². The van der Waals surface area contributed by atoms with Gasteiger partial charge >= 0.3 is 39.0 Å². The van der Waals surface area contributed by atoms with Crippen molar-refractivity contribution in [3.05, 3.63) is 155 Å². The van der Waals surface area contributed by atoms with Gasteiger partial charge < -0.3 is 0 Å². The van der Waals surface area contributed by atoms with E-state index >= 15 is 0 Å². The van der Waals surface area contributed by atoms with E-state index in [4.69, 9.17) is 0 Å². The van der Waals surface area contributed by atoms with Gasteiger partial charge in [-0.15, -0.1) is 0 Å². The summed E-state index contributed by atoms with van der Waals surface area (Å²) in [7, 11) is 0. The molecule has 5 rings (SSSR count). The van der Waals surface area contributed by atoms with Crippen molar-refractivity contribution >= 4 is 0 Å². The van der Waals surface area contributed by atoms with Crippen molar-refractivity contribution < 1.29 is 39.0 Å². The first kappa shape index (κ1) is 32.5. The van der Waals surface area contributed by atoms with Gasteiger partial charge in [0.15, 0.2) is 0 Å². The Labute approximate surface area is 268 Å². The molecule has 8 heteroatoms. The molecule has 0 spiro atoms.